The minimum absolute atomic E-state index is 0.112. The summed E-state index contributed by atoms with van der Waals surface area (Å²) >= 11 is 5.15. The topological polar surface area (TPSA) is 93.9 Å². The van der Waals surface area contributed by atoms with E-state index in [-0.39, 0.29) is 11.8 Å². The first-order chi connectivity index (χ1) is 9.61. The predicted octanol–water partition coefficient (Wildman–Crippen LogP) is 2.22. The lowest BCUT2D eigenvalue weighted by atomic mass is 10.2. The van der Waals surface area contributed by atoms with E-state index in [1.165, 1.54) is 13.8 Å². The Hall–Kier alpha value is -0.630. The van der Waals surface area contributed by atoms with Crippen molar-refractivity contribution in [2.45, 2.75) is 53.1 Å². The molecule has 0 saturated carbocycles. The smallest absolute Gasteiger partial charge is 0.386 e. The summed E-state index contributed by atoms with van der Waals surface area (Å²) in [6, 6.07) is 1.59. The highest BCUT2D eigenvalue weighted by Gasteiger charge is 2.28. The first-order valence-electron chi connectivity index (χ1n) is 6.49. The van der Waals surface area contributed by atoms with Crippen molar-refractivity contribution >= 4 is 18.5 Å². The molecule has 1 rings (SSSR count). The van der Waals surface area contributed by atoms with Gasteiger partial charge in [0.2, 0.25) is 5.88 Å². The highest BCUT2D eigenvalue weighted by molar-refractivity contribution is 8.07. The van der Waals surface area contributed by atoms with E-state index < -0.39 is 19.3 Å². The lowest BCUT2D eigenvalue weighted by Gasteiger charge is -2.24. The molecular weight excluding hydrogens is 315 g/mol. The zero-order chi connectivity index (χ0) is 16.2. The predicted molar refractivity (Wildman–Crippen MR) is 81.3 cm³/mol. The summed E-state index contributed by atoms with van der Waals surface area (Å²) in [5.74, 6) is 0.900. The van der Waals surface area contributed by atoms with Gasteiger partial charge in [-0.3, -0.25) is 9.05 Å². The summed E-state index contributed by atoms with van der Waals surface area (Å²) in [7, 11) is 0. The highest BCUT2D eigenvalue weighted by atomic mass is 32.5. The molecule has 2 unspecified atom stereocenters. The Morgan fingerprint density at radius 1 is 1.10 bits per heavy atom. The third kappa shape index (κ3) is 6.34. The van der Waals surface area contributed by atoms with Crippen LogP contribution in [0.2, 0.25) is 0 Å². The Bertz CT molecular complexity index is 510. The molecule has 1 heterocycles. The SMILES string of the molecule is Cc1cc(OP(=S)(OC(C)O)OC(C)O)nc(C(C)C)n1. The van der Waals surface area contributed by atoms with Crippen LogP contribution in [0.3, 0.4) is 0 Å². The van der Waals surface area contributed by atoms with Crippen molar-refractivity contribution in [3.63, 3.8) is 0 Å². The lowest BCUT2D eigenvalue weighted by Crippen LogP contribution is -2.15. The molecule has 0 aliphatic rings. The van der Waals surface area contributed by atoms with Crippen molar-refractivity contribution in [2.75, 3.05) is 0 Å². The van der Waals surface area contributed by atoms with Crippen LogP contribution >= 0.6 is 6.72 Å². The van der Waals surface area contributed by atoms with E-state index >= 15 is 0 Å². The number of aliphatic hydroxyl groups excluding tert-OH is 2. The van der Waals surface area contributed by atoms with Crippen molar-refractivity contribution in [1.29, 1.82) is 0 Å². The molecule has 0 radical (unpaired) electrons. The van der Waals surface area contributed by atoms with E-state index in [4.69, 9.17) is 25.4 Å². The van der Waals surface area contributed by atoms with E-state index in [0.29, 0.717) is 11.5 Å². The van der Waals surface area contributed by atoms with Gasteiger partial charge in [-0.25, -0.2) is 4.98 Å². The molecule has 0 spiro atoms. The first-order valence-corrected chi connectivity index (χ1v) is 9.05. The van der Waals surface area contributed by atoms with Gasteiger partial charge in [0.1, 0.15) is 5.82 Å². The van der Waals surface area contributed by atoms with Crippen molar-refractivity contribution in [1.82, 2.24) is 9.97 Å². The summed E-state index contributed by atoms with van der Waals surface area (Å²) in [5.41, 5.74) is 0.708. The first kappa shape index (κ1) is 18.4. The Balaban J connectivity index is 3.05. The molecule has 21 heavy (non-hydrogen) atoms. The zero-order valence-corrected chi connectivity index (χ0v) is 14.4. The molecule has 2 atom stereocenters. The van der Waals surface area contributed by atoms with Crippen LogP contribution in [-0.4, -0.2) is 32.8 Å². The van der Waals surface area contributed by atoms with E-state index in [2.05, 4.69) is 9.97 Å². The van der Waals surface area contributed by atoms with Gasteiger partial charge in [-0.15, -0.1) is 0 Å². The fourth-order valence-corrected chi connectivity index (χ4v) is 3.61. The number of hydrogen-bond acceptors (Lipinski definition) is 8. The molecule has 0 fully saturated rings. The van der Waals surface area contributed by atoms with Crippen LogP contribution in [0.25, 0.3) is 0 Å². The Labute approximate surface area is 129 Å². The van der Waals surface area contributed by atoms with Crippen LogP contribution in [0, 0.1) is 6.92 Å². The maximum Gasteiger partial charge on any atom is 0.386 e. The second-order valence-electron chi connectivity index (χ2n) is 4.81. The minimum atomic E-state index is -3.38. The van der Waals surface area contributed by atoms with Gasteiger partial charge in [0.05, 0.1) is 0 Å². The van der Waals surface area contributed by atoms with E-state index in [0.717, 1.165) is 0 Å². The molecule has 1 aromatic rings. The molecule has 1 aromatic heterocycles. The van der Waals surface area contributed by atoms with Gasteiger partial charge < -0.3 is 14.7 Å². The zero-order valence-electron chi connectivity index (χ0n) is 12.7. The number of rotatable bonds is 7. The summed E-state index contributed by atoms with van der Waals surface area (Å²) in [6.45, 7) is 5.07. The molecule has 0 amide bonds. The third-order valence-electron chi connectivity index (χ3n) is 2.13. The molecule has 7 nitrogen and oxygen atoms in total. The Kier molecular flexibility index (Phi) is 6.65. The monoisotopic (exact) mass is 336 g/mol. The fourth-order valence-electron chi connectivity index (χ4n) is 1.42. The van der Waals surface area contributed by atoms with Gasteiger partial charge in [-0.1, -0.05) is 13.8 Å². The molecule has 9 heteroatoms. The number of aryl methyl sites for hydroxylation is 1. The van der Waals surface area contributed by atoms with E-state index in [9.17, 15) is 10.2 Å². The second-order valence-corrected chi connectivity index (χ2v) is 7.65. The van der Waals surface area contributed by atoms with Crippen LogP contribution in [0.4, 0.5) is 0 Å². The van der Waals surface area contributed by atoms with Crippen molar-refractivity contribution < 1.29 is 23.8 Å². The third-order valence-corrected chi connectivity index (χ3v) is 4.41. The van der Waals surface area contributed by atoms with Crippen molar-refractivity contribution in [3.05, 3.63) is 17.6 Å². The molecule has 2 N–H and O–H groups in total. The van der Waals surface area contributed by atoms with Gasteiger partial charge in [0, 0.05) is 29.5 Å². The highest BCUT2D eigenvalue weighted by Crippen LogP contribution is 2.51. The van der Waals surface area contributed by atoms with Gasteiger partial charge >= 0.3 is 6.72 Å². The van der Waals surface area contributed by atoms with Gasteiger partial charge in [0.15, 0.2) is 12.6 Å². The maximum absolute atomic E-state index is 9.34. The van der Waals surface area contributed by atoms with Crippen LogP contribution in [0.15, 0.2) is 6.07 Å². The molecule has 0 aliphatic carbocycles. The summed E-state index contributed by atoms with van der Waals surface area (Å²) in [4.78, 5) is 8.53. The van der Waals surface area contributed by atoms with Gasteiger partial charge in [-0.2, -0.15) is 4.98 Å². The largest absolute Gasteiger partial charge is 0.405 e. The normalized spacial score (nSPS) is 17.3. The van der Waals surface area contributed by atoms with Gasteiger partial charge in [0.25, 0.3) is 0 Å². The number of aromatic nitrogens is 2. The average Bonchev–Trinajstić information content (AvgIpc) is 2.24. The van der Waals surface area contributed by atoms with Crippen LogP contribution in [-0.2, 0) is 20.9 Å². The maximum atomic E-state index is 9.34. The van der Waals surface area contributed by atoms with Gasteiger partial charge in [-0.05, 0) is 20.8 Å². The van der Waals surface area contributed by atoms with E-state index in [1.54, 1.807) is 13.0 Å². The van der Waals surface area contributed by atoms with Crippen LogP contribution in [0.1, 0.15) is 45.1 Å². The Morgan fingerprint density at radius 3 is 2.05 bits per heavy atom. The number of nitrogens with zero attached hydrogens (tertiary/aromatic N) is 2. The molecule has 0 bridgehead atoms. The van der Waals surface area contributed by atoms with Crippen LogP contribution < -0.4 is 4.52 Å². The van der Waals surface area contributed by atoms with E-state index in [1.807, 2.05) is 13.8 Å². The standard InChI is InChI=1S/C12H21N2O5PS/c1-7(2)12-13-8(3)6-11(14-12)19-20(21,17-9(4)15)18-10(5)16/h6-7,9-10,15-16H,1-5H3. The van der Waals surface area contributed by atoms with Crippen molar-refractivity contribution in [3.8, 4) is 5.88 Å². The molecular formula is C12H21N2O5PS. The number of aliphatic hydroxyl groups is 2. The average molecular weight is 336 g/mol. The summed E-state index contributed by atoms with van der Waals surface area (Å²) in [5, 5.41) is 18.7. The second kappa shape index (κ2) is 7.58. The molecule has 0 aliphatic heterocycles. The van der Waals surface area contributed by atoms with Crippen LogP contribution in [0.5, 0.6) is 5.88 Å². The fraction of sp³-hybridized carbons (Fsp3) is 0.667. The molecule has 0 aromatic carbocycles. The molecule has 0 saturated heterocycles. The summed E-state index contributed by atoms with van der Waals surface area (Å²) < 4.78 is 15.7. The quantitative estimate of drug-likeness (QED) is 0.578. The Morgan fingerprint density at radius 2 is 1.62 bits per heavy atom. The lowest BCUT2D eigenvalue weighted by molar-refractivity contribution is -0.0520. The van der Waals surface area contributed by atoms with Crippen molar-refractivity contribution in [2.24, 2.45) is 0 Å². The number of hydrogen-bond donors (Lipinski definition) is 2. The molecule has 120 valence electrons. The summed E-state index contributed by atoms with van der Waals surface area (Å²) in [6.07, 6.45) is -2.39. The minimum Gasteiger partial charge on any atom is -0.405 e.